The monoisotopic (exact) mass is 392 g/mol. The quantitative estimate of drug-likeness (QED) is 0.860. The number of hydrogen-bond acceptors (Lipinski definition) is 2. The van der Waals surface area contributed by atoms with E-state index < -0.39 is 11.6 Å². The molecule has 0 saturated carbocycles. The highest BCUT2D eigenvalue weighted by Crippen LogP contribution is 2.20. The van der Waals surface area contributed by atoms with Gasteiger partial charge in [-0.05, 0) is 48.7 Å². The van der Waals surface area contributed by atoms with Crippen LogP contribution in [0.15, 0.2) is 42.5 Å². The zero-order valence-corrected chi connectivity index (χ0v) is 15.3. The van der Waals surface area contributed by atoms with Crippen LogP contribution in [0.2, 0.25) is 5.02 Å². The van der Waals surface area contributed by atoms with Crippen molar-refractivity contribution in [2.75, 3.05) is 13.1 Å². The average Bonchev–Trinajstić information content (AvgIpc) is 2.69. The van der Waals surface area contributed by atoms with E-state index in [9.17, 15) is 18.4 Å². The molecule has 2 aromatic carbocycles. The van der Waals surface area contributed by atoms with E-state index in [1.54, 1.807) is 17.0 Å². The summed E-state index contributed by atoms with van der Waals surface area (Å²) in [5.74, 6) is -2.61. The zero-order valence-electron chi connectivity index (χ0n) is 14.6. The first-order valence-corrected chi connectivity index (χ1v) is 9.08. The van der Waals surface area contributed by atoms with Gasteiger partial charge in [-0.25, -0.2) is 8.78 Å². The first-order valence-electron chi connectivity index (χ1n) is 8.70. The molecule has 7 heteroatoms. The van der Waals surface area contributed by atoms with Crippen LogP contribution >= 0.6 is 11.6 Å². The molecule has 0 bridgehead atoms. The van der Waals surface area contributed by atoms with Crippen molar-refractivity contribution in [3.8, 4) is 0 Å². The molecule has 0 spiro atoms. The molecule has 0 unspecified atom stereocenters. The van der Waals surface area contributed by atoms with E-state index in [0.717, 1.165) is 17.7 Å². The van der Waals surface area contributed by atoms with Gasteiger partial charge in [0.15, 0.2) is 11.6 Å². The summed E-state index contributed by atoms with van der Waals surface area (Å²) in [7, 11) is 0. The molecule has 0 aliphatic carbocycles. The van der Waals surface area contributed by atoms with Crippen molar-refractivity contribution >= 4 is 23.4 Å². The van der Waals surface area contributed by atoms with E-state index in [0.29, 0.717) is 37.5 Å². The Morgan fingerprint density at radius 2 is 1.70 bits per heavy atom. The summed E-state index contributed by atoms with van der Waals surface area (Å²) in [6.07, 6.45) is 1.06. The smallest absolute Gasteiger partial charge is 0.253 e. The van der Waals surface area contributed by atoms with Gasteiger partial charge in [-0.1, -0.05) is 23.7 Å². The lowest BCUT2D eigenvalue weighted by Gasteiger charge is -2.31. The number of hydrogen-bond donors (Lipinski definition) is 1. The number of carbonyl (C=O) groups excluding carboxylic acids is 2. The Bertz CT molecular complexity index is 834. The summed E-state index contributed by atoms with van der Waals surface area (Å²) in [5.41, 5.74) is 1.07. The Balaban J connectivity index is 1.50. The third-order valence-corrected chi connectivity index (χ3v) is 4.95. The van der Waals surface area contributed by atoms with Gasteiger partial charge in [0.2, 0.25) is 5.91 Å². The lowest BCUT2D eigenvalue weighted by Crippen LogP contribution is -2.43. The highest BCUT2D eigenvalue weighted by Gasteiger charge is 2.28. The van der Waals surface area contributed by atoms with E-state index in [2.05, 4.69) is 5.32 Å². The summed E-state index contributed by atoms with van der Waals surface area (Å²) < 4.78 is 26.3. The predicted octanol–water partition coefficient (Wildman–Crippen LogP) is 3.79. The van der Waals surface area contributed by atoms with Gasteiger partial charge < -0.3 is 10.2 Å². The van der Waals surface area contributed by atoms with Gasteiger partial charge >= 0.3 is 0 Å². The Kier molecular flexibility index (Phi) is 6.06. The van der Waals surface area contributed by atoms with Crippen LogP contribution < -0.4 is 5.32 Å². The van der Waals surface area contributed by atoms with Crippen molar-refractivity contribution in [1.29, 1.82) is 0 Å². The normalized spacial score (nSPS) is 14.9. The number of piperidine rings is 1. The van der Waals surface area contributed by atoms with Crippen molar-refractivity contribution in [1.82, 2.24) is 10.2 Å². The lowest BCUT2D eigenvalue weighted by atomic mass is 9.95. The Labute approximate surface area is 161 Å². The minimum Gasteiger partial charge on any atom is -0.352 e. The van der Waals surface area contributed by atoms with Gasteiger partial charge in [-0.2, -0.15) is 0 Å². The second-order valence-electron chi connectivity index (χ2n) is 6.54. The minimum absolute atomic E-state index is 0.0510. The second-order valence-corrected chi connectivity index (χ2v) is 6.98. The van der Waals surface area contributed by atoms with Gasteiger partial charge in [0.05, 0.1) is 0 Å². The standard InChI is InChI=1S/C20H19ClF2N2O2/c21-16-4-1-13(2-5-16)12-24-19(26)14-7-9-25(10-8-14)20(27)15-3-6-17(22)18(23)11-15/h1-6,11,14H,7-10,12H2,(H,24,26). The molecule has 1 N–H and O–H groups in total. The van der Waals surface area contributed by atoms with E-state index in [-0.39, 0.29) is 23.3 Å². The highest BCUT2D eigenvalue weighted by molar-refractivity contribution is 6.30. The number of likely N-dealkylation sites (tertiary alicyclic amines) is 1. The van der Waals surface area contributed by atoms with Crippen LogP contribution in [0, 0.1) is 17.6 Å². The van der Waals surface area contributed by atoms with Gasteiger partial charge in [0.25, 0.3) is 5.91 Å². The molecule has 4 nitrogen and oxygen atoms in total. The number of benzene rings is 2. The molecule has 1 fully saturated rings. The number of halogens is 3. The van der Waals surface area contributed by atoms with Crippen LogP contribution in [0.4, 0.5) is 8.78 Å². The second kappa shape index (κ2) is 8.48. The molecule has 142 valence electrons. The number of nitrogens with one attached hydrogen (secondary N) is 1. The van der Waals surface area contributed by atoms with E-state index >= 15 is 0 Å². The van der Waals surface area contributed by atoms with Crippen LogP contribution in [0.5, 0.6) is 0 Å². The molecule has 27 heavy (non-hydrogen) atoms. The maximum atomic E-state index is 13.3. The maximum Gasteiger partial charge on any atom is 0.253 e. The maximum absolute atomic E-state index is 13.3. The van der Waals surface area contributed by atoms with Crippen molar-refractivity contribution in [2.45, 2.75) is 19.4 Å². The van der Waals surface area contributed by atoms with Crippen molar-refractivity contribution in [3.63, 3.8) is 0 Å². The van der Waals surface area contributed by atoms with Crippen LogP contribution in [0.1, 0.15) is 28.8 Å². The van der Waals surface area contributed by atoms with Crippen LogP contribution in [-0.4, -0.2) is 29.8 Å². The molecule has 0 radical (unpaired) electrons. The topological polar surface area (TPSA) is 49.4 Å². The third kappa shape index (κ3) is 4.83. The van der Waals surface area contributed by atoms with Crippen molar-refractivity contribution in [2.24, 2.45) is 5.92 Å². The first kappa shape index (κ1) is 19.3. The predicted molar refractivity (Wildman–Crippen MR) is 98.3 cm³/mol. The zero-order chi connectivity index (χ0) is 19.4. The van der Waals surface area contributed by atoms with Crippen LogP contribution in [-0.2, 0) is 11.3 Å². The van der Waals surface area contributed by atoms with Crippen molar-refractivity contribution < 1.29 is 18.4 Å². The fraction of sp³-hybridized carbons (Fsp3) is 0.300. The number of carbonyl (C=O) groups is 2. The molecular weight excluding hydrogens is 374 g/mol. The summed E-state index contributed by atoms with van der Waals surface area (Å²) in [6.45, 7) is 1.22. The molecule has 1 aliphatic rings. The third-order valence-electron chi connectivity index (χ3n) is 4.70. The van der Waals surface area contributed by atoms with E-state index in [1.165, 1.54) is 6.07 Å². The number of amides is 2. The first-order chi connectivity index (χ1) is 12.9. The van der Waals surface area contributed by atoms with Gasteiger partial charge in [-0.3, -0.25) is 9.59 Å². The summed E-state index contributed by atoms with van der Waals surface area (Å²) in [5, 5.41) is 3.54. The summed E-state index contributed by atoms with van der Waals surface area (Å²) >= 11 is 5.84. The van der Waals surface area contributed by atoms with Gasteiger partial charge in [0.1, 0.15) is 0 Å². The average molecular weight is 393 g/mol. The fourth-order valence-corrected chi connectivity index (χ4v) is 3.22. The van der Waals surface area contributed by atoms with E-state index in [4.69, 9.17) is 11.6 Å². The SMILES string of the molecule is O=C(NCc1ccc(Cl)cc1)C1CCN(C(=O)c2ccc(F)c(F)c2)CC1. The molecule has 1 saturated heterocycles. The lowest BCUT2D eigenvalue weighted by molar-refractivity contribution is -0.126. The minimum atomic E-state index is -1.04. The highest BCUT2D eigenvalue weighted by atomic mass is 35.5. The Hall–Kier alpha value is -2.47. The largest absolute Gasteiger partial charge is 0.352 e. The fourth-order valence-electron chi connectivity index (χ4n) is 3.09. The van der Waals surface area contributed by atoms with Crippen LogP contribution in [0.3, 0.4) is 0 Å². The molecule has 2 amide bonds. The van der Waals surface area contributed by atoms with Crippen LogP contribution in [0.25, 0.3) is 0 Å². The molecule has 0 atom stereocenters. The Morgan fingerprint density at radius 3 is 2.33 bits per heavy atom. The summed E-state index contributed by atoms with van der Waals surface area (Å²) in [6, 6.07) is 10.4. The van der Waals surface area contributed by atoms with Gasteiger partial charge in [0, 0.05) is 36.1 Å². The molecular formula is C20H19ClF2N2O2. The molecule has 3 rings (SSSR count). The Morgan fingerprint density at radius 1 is 1.04 bits per heavy atom. The number of rotatable bonds is 4. The number of nitrogens with zero attached hydrogens (tertiary/aromatic N) is 1. The molecule has 2 aromatic rings. The van der Waals surface area contributed by atoms with Gasteiger partial charge in [-0.15, -0.1) is 0 Å². The van der Waals surface area contributed by atoms with Crippen molar-refractivity contribution in [3.05, 3.63) is 70.2 Å². The summed E-state index contributed by atoms with van der Waals surface area (Å²) in [4.78, 5) is 26.3. The van der Waals surface area contributed by atoms with E-state index in [1.807, 2.05) is 12.1 Å². The molecule has 1 heterocycles. The molecule has 0 aromatic heterocycles. The molecule has 1 aliphatic heterocycles.